The molecule has 15 heteroatoms. The molecule has 4 aliphatic heterocycles. The average molecular weight is 825 g/mol. The number of piperidine rings is 2. The Labute approximate surface area is 355 Å². The quantitative estimate of drug-likeness (QED) is 0.236. The van der Waals surface area contributed by atoms with Gasteiger partial charge in [0.1, 0.15) is 24.0 Å². The summed E-state index contributed by atoms with van der Waals surface area (Å²) in [5, 5.41) is 10.4. The Hall–Kier alpha value is -6.14. The van der Waals surface area contributed by atoms with E-state index in [1.807, 2.05) is 52.0 Å². The van der Waals surface area contributed by atoms with Crippen molar-refractivity contribution in [3.8, 4) is 11.8 Å². The van der Waals surface area contributed by atoms with Crippen LogP contribution in [0.15, 0.2) is 61.1 Å². The normalized spacial score (nSPS) is 24.1. The fraction of sp³-hybridized carbons (Fsp3) is 0.478. The number of fused-ring (bicyclic) bond motifs is 2. The van der Waals surface area contributed by atoms with Gasteiger partial charge in [-0.25, -0.2) is 9.97 Å². The molecule has 3 saturated heterocycles. The van der Waals surface area contributed by atoms with Crippen LogP contribution in [0, 0.1) is 28.1 Å². The fourth-order valence-corrected chi connectivity index (χ4v) is 11.2. The molecule has 2 aromatic heterocycles. The summed E-state index contributed by atoms with van der Waals surface area (Å²) in [6.45, 7) is 14.8. The van der Waals surface area contributed by atoms with Crippen molar-refractivity contribution in [2.45, 2.75) is 78.1 Å². The highest BCUT2D eigenvalue weighted by atomic mass is 16.5. The standard InChI is InChI=1S/C46H52N10O5/c1-45(2)42(46(3,4)43(45)61-36-11-7-29(23-47)38-34(36)6-5-15-49-38)56-37(57)12-10-35(41(56)60)55-27-30-22-32(8-9-33(30)40(55)59)53-20-18-52(19-21-53)26-28-13-16-54(17-14-28)44-50-24-31(25-51-44)39(48)58/h5-9,11,15,22,24-25,28,35,42-43H,10,12-14,16-21,26-27H2,1-4H3,(H2,48,58)/t35-,42?,43?/m0/s1. The van der Waals surface area contributed by atoms with Gasteiger partial charge in [-0.2, -0.15) is 5.26 Å². The van der Waals surface area contributed by atoms with Crippen molar-refractivity contribution in [1.29, 1.82) is 5.26 Å². The third-order valence-electron chi connectivity index (χ3n) is 13.9. The van der Waals surface area contributed by atoms with E-state index in [0.717, 1.165) is 75.3 Å². The molecule has 4 fully saturated rings. The number of carbonyl (C=O) groups excluding carboxylic acids is 4. The Morgan fingerprint density at radius 3 is 2.31 bits per heavy atom. The van der Waals surface area contributed by atoms with Gasteiger partial charge in [0.2, 0.25) is 11.9 Å². The van der Waals surface area contributed by atoms with E-state index in [9.17, 15) is 24.4 Å². The monoisotopic (exact) mass is 824 g/mol. The van der Waals surface area contributed by atoms with Gasteiger partial charge in [-0.15, -0.1) is 0 Å². The summed E-state index contributed by atoms with van der Waals surface area (Å²) >= 11 is 0. The number of carbonyl (C=O) groups is 4. The predicted molar refractivity (Wildman–Crippen MR) is 228 cm³/mol. The van der Waals surface area contributed by atoms with E-state index in [0.29, 0.717) is 46.4 Å². The minimum atomic E-state index is -0.744. The van der Waals surface area contributed by atoms with Crippen LogP contribution in [-0.4, -0.2) is 117 Å². The predicted octanol–water partition coefficient (Wildman–Crippen LogP) is 4.39. The van der Waals surface area contributed by atoms with Crippen LogP contribution in [0.2, 0.25) is 0 Å². The number of anilines is 2. The third-order valence-corrected chi connectivity index (χ3v) is 13.9. The lowest BCUT2D eigenvalue weighted by atomic mass is 9.48. The van der Waals surface area contributed by atoms with Crippen LogP contribution in [0.25, 0.3) is 10.9 Å². The van der Waals surface area contributed by atoms with Crippen molar-refractivity contribution < 1.29 is 23.9 Å². The maximum absolute atomic E-state index is 14.5. The molecule has 15 nitrogen and oxygen atoms in total. The topological polar surface area (TPSA) is 182 Å². The van der Waals surface area contributed by atoms with Gasteiger partial charge >= 0.3 is 0 Å². The van der Waals surface area contributed by atoms with Crippen LogP contribution in [0.5, 0.6) is 5.75 Å². The molecule has 9 rings (SSSR count). The molecule has 1 atom stereocenters. The molecular weight excluding hydrogens is 773 g/mol. The summed E-state index contributed by atoms with van der Waals surface area (Å²) in [5.41, 5.74) is 8.02. The zero-order valence-corrected chi connectivity index (χ0v) is 35.2. The molecule has 4 amide bonds. The SMILES string of the molecule is CC1(C)C(Oc2ccc(C#N)c3ncccc23)C(C)(C)C1N1C(=O)CC[C@H](N2Cc3cc(N4CCN(CC5CCN(c6ncc(C(N)=O)cn6)CC5)CC4)ccc3C2=O)C1=O. The number of nitrogens with two attached hydrogens (primary N) is 1. The minimum absolute atomic E-state index is 0.172. The number of hydrogen-bond donors (Lipinski definition) is 1. The molecule has 1 saturated carbocycles. The molecule has 6 heterocycles. The van der Waals surface area contributed by atoms with Crippen LogP contribution < -0.4 is 20.3 Å². The van der Waals surface area contributed by atoms with Gasteiger partial charge in [0.05, 0.1) is 22.7 Å². The van der Waals surface area contributed by atoms with Gasteiger partial charge in [0.25, 0.3) is 17.7 Å². The lowest BCUT2D eigenvalue weighted by molar-refractivity contribution is -0.216. The largest absolute Gasteiger partial charge is 0.488 e. The second-order valence-corrected chi connectivity index (χ2v) is 18.5. The molecule has 5 aliphatic rings. The van der Waals surface area contributed by atoms with Crippen LogP contribution in [-0.2, 0) is 16.1 Å². The minimum Gasteiger partial charge on any atom is -0.488 e. The number of hydrogen-bond acceptors (Lipinski definition) is 12. The summed E-state index contributed by atoms with van der Waals surface area (Å²) in [6.07, 6.45) is 6.82. The first-order valence-electron chi connectivity index (χ1n) is 21.3. The van der Waals surface area contributed by atoms with Crippen LogP contribution in [0.4, 0.5) is 11.6 Å². The van der Waals surface area contributed by atoms with E-state index < -0.39 is 28.8 Å². The van der Waals surface area contributed by atoms with Gasteiger partial charge < -0.3 is 25.2 Å². The molecule has 61 heavy (non-hydrogen) atoms. The third kappa shape index (κ3) is 7.00. The maximum atomic E-state index is 14.5. The van der Waals surface area contributed by atoms with Gasteiger partial charge in [0, 0.05) is 105 Å². The van der Waals surface area contributed by atoms with Crippen molar-refractivity contribution in [1.82, 2.24) is 29.7 Å². The van der Waals surface area contributed by atoms with Crippen molar-refractivity contribution >= 4 is 46.2 Å². The Morgan fingerprint density at radius 1 is 0.902 bits per heavy atom. The summed E-state index contributed by atoms with van der Waals surface area (Å²) in [6, 6.07) is 14.2. The highest BCUT2D eigenvalue weighted by Crippen LogP contribution is 2.59. The Balaban J connectivity index is 0.816. The van der Waals surface area contributed by atoms with E-state index in [4.69, 9.17) is 10.5 Å². The molecule has 0 bridgehead atoms. The second kappa shape index (κ2) is 15.4. The summed E-state index contributed by atoms with van der Waals surface area (Å²) in [5.74, 6) is 0.560. The van der Waals surface area contributed by atoms with Crippen molar-refractivity contribution in [2.24, 2.45) is 22.5 Å². The van der Waals surface area contributed by atoms with Crippen molar-refractivity contribution in [3.05, 3.63) is 83.3 Å². The summed E-state index contributed by atoms with van der Waals surface area (Å²) in [7, 11) is 0. The zero-order chi connectivity index (χ0) is 42.8. The van der Waals surface area contributed by atoms with Gasteiger partial charge in [-0.1, -0.05) is 27.7 Å². The highest BCUT2D eigenvalue weighted by Gasteiger charge is 2.68. The van der Waals surface area contributed by atoms with Crippen LogP contribution >= 0.6 is 0 Å². The number of ether oxygens (including phenoxy) is 1. The van der Waals surface area contributed by atoms with Gasteiger partial charge in [-0.05, 0) is 73.2 Å². The molecule has 4 aromatic rings. The zero-order valence-electron chi connectivity index (χ0n) is 35.2. The van der Waals surface area contributed by atoms with Crippen molar-refractivity contribution in [3.63, 3.8) is 0 Å². The molecule has 1 aliphatic carbocycles. The number of imide groups is 1. The Kier molecular flexibility index (Phi) is 10.2. The average Bonchev–Trinajstić information content (AvgIpc) is 3.59. The smallest absolute Gasteiger partial charge is 0.255 e. The number of benzene rings is 2. The van der Waals surface area contributed by atoms with Crippen LogP contribution in [0.1, 0.15) is 85.2 Å². The summed E-state index contributed by atoms with van der Waals surface area (Å²) in [4.78, 5) is 76.9. The molecular formula is C46H52N10O5. The Bertz CT molecular complexity index is 2430. The van der Waals surface area contributed by atoms with Crippen molar-refractivity contribution in [2.75, 3.05) is 55.6 Å². The van der Waals surface area contributed by atoms with Crippen LogP contribution in [0.3, 0.4) is 0 Å². The number of pyridine rings is 1. The molecule has 2 aromatic carbocycles. The molecule has 0 spiro atoms. The van der Waals surface area contributed by atoms with Gasteiger partial charge in [0.15, 0.2) is 0 Å². The fourth-order valence-electron chi connectivity index (χ4n) is 11.2. The number of aromatic nitrogens is 3. The number of nitriles is 1. The first kappa shape index (κ1) is 40.3. The number of amides is 4. The van der Waals surface area contributed by atoms with E-state index in [1.165, 1.54) is 17.3 Å². The number of likely N-dealkylation sites (tertiary alicyclic amines) is 1. The molecule has 0 radical (unpaired) electrons. The summed E-state index contributed by atoms with van der Waals surface area (Å²) < 4.78 is 6.71. The number of piperazine rings is 1. The number of rotatable bonds is 9. The lowest BCUT2D eigenvalue weighted by Crippen LogP contribution is -2.77. The van der Waals surface area contributed by atoms with E-state index in [1.54, 1.807) is 23.2 Å². The first-order chi connectivity index (χ1) is 29.3. The number of nitrogens with zero attached hydrogens (tertiary/aromatic N) is 9. The second-order valence-electron chi connectivity index (χ2n) is 18.5. The molecule has 0 unspecified atom stereocenters. The highest BCUT2D eigenvalue weighted by molar-refractivity contribution is 6.06. The molecule has 2 N–H and O–H groups in total. The molecule has 316 valence electrons. The van der Waals surface area contributed by atoms with Gasteiger partial charge in [-0.3, -0.25) is 34.0 Å². The van der Waals surface area contributed by atoms with E-state index >= 15 is 0 Å². The Morgan fingerprint density at radius 2 is 1.62 bits per heavy atom. The van der Waals surface area contributed by atoms with E-state index in [2.05, 4.69) is 41.8 Å². The van der Waals surface area contributed by atoms with E-state index in [-0.39, 0.29) is 36.7 Å². The lowest BCUT2D eigenvalue weighted by Gasteiger charge is -2.66. The first-order valence-corrected chi connectivity index (χ1v) is 21.3. The maximum Gasteiger partial charge on any atom is 0.255 e. The number of primary amides is 1.